The highest BCUT2D eigenvalue weighted by atomic mass is 16.5. The highest BCUT2D eigenvalue weighted by molar-refractivity contribution is 5.99. The molecule has 1 atom stereocenters. The quantitative estimate of drug-likeness (QED) is 0.361. The number of hydrazone groups is 1. The Labute approximate surface area is 105 Å². The second-order valence-electron chi connectivity index (χ2n) is 4.12. The lowest BCUT2D eigenvalue weighted by Crippen LogP contribution is -2.12. The summed E-state index contributed by atoms with van der Waals surface area (Å²) in [6, 6.07) is 2.86. The van der Waals surface area contributed by atoms with Crippen LogP contribution in [0.15, 0.2) is 22.4 Å². The number of phenolic OH excluding ortho intramolecular Hbond substituents is 1. The lowest BCUT2D eigenvalue weighted by Gasteiger charge is -2.13. The van der Waals surface area contributed by atoms with Gasteiger partial charge in [-0.1, -0.05) is 5.18 Å². The minimum absolute atomic E-state index is 0.00824. The van der Waals surface area contributed by atoms with E-state index in [2.05, 4.69) is 10.3 Å². The number of hydrogen-bond acceptors (Lipinski definition) is 6. The first-order valence-corrected chi connectivity index (χ1v) is 5.53. The number of benzene rings is 1. The van der Waals surface area contributed by atoms with Crippen molar-refractivity contribution in [1.29, 1.82) is 0 Å². The third-order valence-corrected chi connectivity index (χ3v) is 2.52. The van der Waals surface area contributed by atoms with Gasteiger partial charge in [0.15, 0.2) is 11.5 Å². The zero-order chi connectivity index (χ0) is 13.7. The zero-order valence-electron chi connectivity index (χ0n) is 10.7. The van der Waals surface area contributed by atoms with Crippen molar-refractivity contribution in [3.8, 4) is 11.5 Å². The average molecular weight is 251 g/mol. The molecule has 0 amide bonds. The van der Waals surface area contributed by atoms with Gasteiger partial charge in [-0.2, -0.15) is 10.0 Å². The van der Waals surface area contributed by atoms with Gasteiger partial charge in [-0.05, 0) is 38.5 Å². The highest BCUT2D eigenvalue weighted by Gasteiger charge is 2.12. The van der Waals surface area contributed by atoms with E-state index in [9.17, 15) is 10.0 Å². The summed E-state index contributed by atoms with van der Waals surface area (Å²) in [6.45, 7) is 5.30. The van der Waals surface area contributed by atoms with Gasteiger partial charge in [-0.3, -0.25) is 0 Å². The number of nitrogens with two attached hydrogens (primary N) is 1. The van der Waals surface area contributed by atoms with E-state index in [1.165, 1.54) is 6.07 Å². The number of ether oxygens (including phenoxy) is 1. The normalized spacial score (nSPS) is 13.2. The van der Waals surface area contributed by atoms with Crippen LogP contribution in [0.4, 0.5) is 0 Å². The Morgan fingerprint density at radius 1 is 1.56 bits per heavy atom. The Balaban J connectivity index is 2.98. The third kappa shape index (κ3) is 3.19. The van der Waals surface area contributed by atoms with Crippen LogP contribution < -0.4 is 10.6 Å². The molecular weight excluding hydrogens is 234 g/mol. The minimum Gasteiger partial charge on any atom is -0.504 e. The van der Waals surface area contributed by atoms with Gasteiger partial charge >= 0.3 is 0 Å². The van der Waals surface area contributed by atoms with E-state index in [1.54, 1.807) is 26.8 Å². The number of hydrogen-bond donors (Lipinski definition) is 2. The van der Waals surface area contributed by atoms with Crippen LogP contribution in [0.25, 0.3) is 0 Å². The molecule has 0 heterocycles. The second kappa shape index (κ2) is 6.00. The molecule has 3 N–H and O–H groups in total. The highest BCUT2D eigenvalue weighted by Crippen LogP contribution is 2.31. The van der Waals surface area contributed by atoms with E-state index in [0.717, 1.165) is 11.1 Å². The van der Waals surface area contributed by atoms with Crippen LogP contribution in [0.1, 0.15) is 25.0 Å². The predicted octanol–water partition coefficient (Wildman–Crippen LogP) is 1.92. The number of rotatable bonds is 5. The Bertz CT molecular complexity index is 449. The SMILES string of the molecule is C/C(=N\N)c1cc(C)c(OCC(C)N=O)c(O)c1. The third-order valence-electron chi connectivity index (χ3n) is 2.52. The van der Waals surface area contributed by atoms with Gasteiger partial charge in [0, 0.05) is 5.56 Å². The van der Waals surface area contributed by atoms with Crippen LogP contribution in [0, 0.1) is 11.8 Å². The van der Waals surface area contributed by atoms with Gasteiger partial charge in [0.2, 0.25) is 0 Å². The van der Waals surface area contributed by atoms with Crippen molar-refractivity contribution in [3.63, 3.8) is 0 Å². The lowest BCUT2D eigenvalue weighted by atomic mass is 10.1. The molecule has 1 aromatic rings. The molecule has 0 aliphatic heterocycles. The van der Waals surface area contributed by atoms with E-state index in [-0.39, 0.29) is 12.4 Å². The van der Waals surface area contributed by atoms with Crippen LogP contribution in [-0.4, -0.2) is 23.5 Å². The van der Waals surface area contributed by atoms with E-state index in [1.807, 2.05) is 0 Å². The predicted molar refractivity (Wildman–Crippen MR) is 70.0 cm³/mol. The first-order valence-electron chi connectivity index (χ1n) is 5.53. The van der Waals surface area contributed by atoms with E-state index < -0.39 is 6.04 Å². The Morgan fingerprint density at radius 2 is 2.22 bits per heavy atom. The maximum atomic E-state index is 10.3. The topological polar surface area (TPSA) is 97.3 Å². The first kappa shape index (κ1) is 14.0. The van der Waals surface area contributed by atoms with E-state index in [4.69, 9.17) is 10.6 Å². The molecule has 0 saturated heterocycles. The average Bonchev–Trinajstić information content (AvgIpc) is 2.36. The van der Waals surface area contributed by atoms with Crippen LogP contribution in [0.2, 0.25) is 0 Å². The van der Waals surface area contributed by atoms with Gasteiger partial charge < -0.3 is 15.7 Å². The van der Waals surface area contributed by atoms with E-state index >= 15 is 0 Å². The molecule has 0 bridgehead atoms. The standard InChI is InChI=1S/C12H17N3O3/c1-7-4-10(9(3)14-13)5-11(16)12(7)18-6-8(2)15-17/h4-5,8,16H,6,13H2,1-3H3/b14-9+. The molecule has 18 heavy (non-hydrogen) atoms. The van der Waals surface area contributed by atoms with Gasteiger partial charge in [0.1, 0.15) is 12.6 Å². The number of aromatic hydroxyl groups is 1. The van der Waals surface area contributed by atoms with Gasteiger partial charge in [0.25, 0.3) is 0 Å². The lowest BCUT2D eigenvalue weighted by molar-refractivity contribution is 0.280. The van der Waals surface area contributed by atoms with Crippen molar-refractivity contribution in [2.24, 2.45) is 16.1 Å². The summed E-state index contributed by atoms with van der Waals surface area (Å²) >= 11 is 0. The summed E-state index contributed by atoms with van der Waals surface area (Å²) in [5.74, 6) is 5.52. The Kier molecular flexibility index (Phi) is 4.65. The van der Waals surface area contributed by atoms with Crippen molar-refractivity contribution in [3.05, 3.63) is 28.2 Å². The summed E-state index contributed by atoms with van der Waals surface area (Å²) < 4.78 is 5.37. The molecule has 0 aliphatic carbocycles. The molecule has 1 rings (SSSR count). The van der Waals surface area contributed by atoms with Gasteiger partial charge in [-0.15, -0.1) is 0 Å². The van der Waals surface area contributed by atoms with E-state index in [0.29, 0.717) is 11.5 Å². The smallest absolute Gasteiger partial charge is 0.163 e. The molecule has 0 aromatic heterocycles. The largest absolute Gasteiger partial charge is 0.504 e. The summed E-state index contributed by atoms with van der Waals surface area (Å²) in [5.41, 5.74) is 2.08. The summed E-state index contributed by atoms with van der Waals surface area (Å²) in [5, 5.41) is 16.3. The molecule has 0 radical (unpaired) electrons. The van der Waals surface area contributed by atoms with Crippen LogP contribution in [0.3, 0.4) is 0 Å². The minimum atomic E-state index is -0.462. The Morgan fingerprint density at radius 3 is 2.72 bits per heavy atom. The van der Waals surface area contributed by atoms with Crippen LogP contribution >= 0.6 is 0 Å². The second-order valence-corrected chi connectivity index (χ2v) is 4.12. The summed E-state index contributed by atoms with van der Waals surface area (Å²) in [6.07, 6.45) is 0. The zero-order valence-corrected chi connectivity index (χ0v) is 10.7. The van der Waals surface area contributed by atoms with Gasteiger partial charge in [-0.25, -0.2) is 0 Å². The van der Waals surface area contributed by atoms with Crippen molar-refractivity contribution in [2.45, 2.75) is 26.8 Å². The van der Waals surface area contributed by atoms with Crippen molar-refractivity contribution >= 4 is 5.71 Å². The fourth-order valence-corrected chi connectivity index (χ4v) is 1.46. The summed E-state index contributed by atoms with van der Waals surface area (Å²) in [4.78, 5) is 10.3. The van der Waals surface area contributed by atoms with Crippen molar-refractivity contribution < 1.29 is 9.84 Å². The molecule has 0 spiro atoms. The molecule has 0 aliphatic rings. The van der Waals surface area contributed by atoms with Crippen molar-refractivity contribution in [1.82, 2.24) is 0 Å². The molecule has 98 valence electrons. The molecule has 0 fully saturated rings. The molecule has 6 nitrogen and oxygen atoms in total. The summed E-state index contributed by atoms with van der Waals surface area (Å²) in [7, 11) is 0. The number of phenols is 1. The van der Waals surface area contributed by atoms with Crippen LogP contribution in [0.5, 0.6) is 11.5 Å². The fourth-order valence-electron chi connectivity index (χ4n) is 1.46. The maximum Gasteiger partial charge on any atom is 0.163 e. The Hall–Kier alpha value is -2.11. The molecule has 1 unspecified atom stereocenters. The number of aryl methyl sites for hydroxylation is 1. The molecule has 1 aromatic carbocycles. The number of nitroso groups, excluding NO2 is 1. The number of nitrogens with zero attached hydrogens (tertiary/aromatic N) is 2. The first-order chi connectivity index (χ1) is 8.49. The molecule has 0 saturated carbocycles. The van der Waals surface area contributed by atoms with Gasteiger partial charge in [0.05, 0.1) is 5.71 Å². The molecular formula is C12H17N3O3. The van der Waals surface area contributed by atoms with Crippen molar-refractivity contribution in [2.75, 3.05) is 6.61 Å². The maximum absolute atomic E-state index is 10.3. The fraction of sp³-hybridized carbons (Fsp3) is 0.417. The molecule has 6 heteroatoms. The monoisotopic (exact) mass is 251 g/mol. The van der Waals surface area contributed by atoms with Crippen LogP contribution in [-0.2, 0) is 0 Å².